The van der Waals surface area contributed by atoms with Crippen molar-refractivity contribution in [2.24, 2.45) is 0 Å². The number of amides is 1. The lowest BCUT2D eigenvalue weighted by molar-refractivity contribution is -0.130. The summed E-state index contributed by atoms with van der Waals surface area (Å²) < 4.78 is 1.22. The van der Waals surface area contributed by atoms with Gasteiger partial charge in [-0.3, -0.25) is 4.79 Å². The molecule has 3 aromatic carbocycles. The van der Waals surface area contributed by atoms with Crippen LogP contribution in [0.15, 0.2) is 66.7 Å². The van der Waals surface area contributed by atoms with Gasteiger partial charge < -0.3 is 9.80 Å². The largest absolute Gasteiger partial charge is 0.345 e. The first-order valence-electron chi connectivity index (χ1n) is 9.62. The summed E-state index contributed by atoms with van der Waals surface area (Å²) in [5, 5.41) is 3.46. The molecule has 1 aliphatic heterocycles. The fourth-order valence-electron chi connectivity index (χ4n) is 3.78. The summed E-state index contributed by atoms with van der Waals surface area (Å²) in [6.45, 7) is 3.18. The van der Waals surface area contributed by atoms with E-state index < -0.39 is 0 Å². The van der Waals surface area contributed by atoms with E-state index in [1.54, 1.807) is 11.3 Å². The Morgan fingerprint density at radius 2 is 1.64 bits per heavy atom. The van der Waals surface area contributed by atoms with Gasteiger partial charge in [0.15, 0.2) is 5.13 Å². The highest BCUT2D eigenvalue weighted by Crippen LogP contribution is 2.29. The number of hydrogen-bond donors (Lipinski definition) is 0. The Labute approximate surface area is 168 Å². The van der Waals surface area contributed by atoms with Gasteiger partial charge in [-0.2, -0.15) is 0 Å². The molecule has 1 amide bonds. The van der Waals surface area contributed by atoms with E-state index in [0.717, 1.165) is 42.4 Å². The standard InChI is InChI=1S/C23H21N3OS/c27-22(16-17-9-10-18-5-1-2-6-19(18)15-17)25-11-13-26(14-12-25)23-24-20-7-3-4-8-21(20)28-23/h1-10,15H,11-14,16H2. The van der Waals surface area contributed by atoms with Crippen LogP contribution in [0.5, 0.6) is 0 Å². The maximum atomic E-state index is 12.8. The highest BCUT2D eigenvalue weighted by atomic mass is 32.1. The average molecular weight is 388 g/mol. The molecule has 0 aliphatic carbocycles. The van der Waals surface area contributed by atoms with Gasteiger partial charge in [0.1, 0.15) is 0 Å². The van der Waals surface area contributed by atoms with Gasteiger partial charge in [0, 0.05) is 26.2 Å². The van der Waals surface area contributed by atoms with Crippen LogP contribution >= 0.6 is 11.3 Å². The number of benzene rings is 3. The topological polar surface area (TPSA) is 36.4 Å². The van der Waals surface area contributed by atoms with Crippen LogP contribution in [0.4, 0.5) is 5.13 Å². The van der Waals surface area contributed by atoms with E-state index in [1.807, 2.05) is 29.2 Å². The fraction of sp³-hybridized carbons (Fsp3) is 0.217. The molecule has 4 nitrogen and oxygen atoms in total. The van der Waals surface area contributed by atoms with Crippen molar-refractivity contribution < 1.29 is 4.79 Å². The Balaban J connectivity index is 1.23. The molecule has 1 saturated heterocycles. The lowest BCUT2D eigenvalue weighted by atomic mass is 10.0. The Hall–Kier alpha value is -2.92. The van der Waals surface area contributed by atoms with Crippen molar-refractivity contribution in [3.63, 3.8) is 0 Å². The number of fused-ring (bicyclic) bond motifs is 2. The molecular formula is C23H21N3OS. The molecule has 0 saturated carbocycles. The number of rotatable bonds is 3. The minimum absolute atomic E-state index is 0.208. The number of nitrogens with zero attached hydrogens (tertiary/aromatic N) is 3. The summed E-state index contributed by atoms with van der Waals surface area (Å²) in [6.07, 6.45) is 0.464. The Morgan fingerprint density at radius 1 is 0.893 bits per heavy atom. The van der Waals surface area contributed by atoms with Crippen molar-refractivity contribution in [1.82, 2.24) is 9.88 Å². The smallest absolute Gasteiger partial charge is 0.227 e. The summed E-state index contributed by atoms with van der Waals surface area (Å²) in [4.78, 5) is 21.8. The number of thiazole rings is 1. The summed E-state index contributed by atoms with van der Waals surface area (Å²) in [7, 11) is 0. The SMILES string of the molecule is O=C(Cc1ccc2ccccc2c1)N1CCN(c2nc3ccccc3s2)CC1. The van der Waals surface area contributed by atoms with E-state index in [1.165, 1.54) is 15.5 Å². The lowest BCUT2D eigenvalue weighted by Gasteiger charge is -2.34. The van der Waals surface area contributed by atoms with E-state index >= 15 is 0 Å². The van der Waals surface area contributed by atoms with E-state index in [0.29, 0.717) is 6.42 Å². The number of carbonyl (C=O) groups excluding carboxylic acids is 1. The first-order chi connectivity index (χ1) is 13.8. The van der Waals surface area contributed by atoms with Crippen molar-refractivity contribution in [3.8, 4) is 0 Å². The van der Waals surface area contributed by atoms with Crippen LogP contribution < -0.4 is 4.90 Å². The van der Waals surface area contributed by atoms with Crippen molar-refractivity contribution in [1.29, 1.82) is 0 Å². The second-order valence-electron chi connectivity index (χ2n) is 7.19. The maximum Gasteiger partial charge on any atom is 0.227 e. The second-order valence-corrected chi connectivity index (χ2v) is 8.20. The van der Waals surface area contributed by atoms with Crippen LogP contribution in [0.1, 0.15) is 5.56 Å². The fourth-order valence-corrected chi connectivity index (χ4v) is 4.79. The van der Waals surface area contributed by atoms with E-state index in [-0.39, 0.29) is 5.91 Å². The quantitative estimate of drug-likeness (QED) is 0.525. The molecule has 4 aromatic rings. The first-order valence-corrected chi connectivity index (χ1v) is 10.4. The van der Waals surface area contributed by atoms with Gasteiger partial charge >= 0.3 is 0 Å². The van der Waals surface area contributed by atoms with Crippen molar-refractivity contribution in [2.75, 3.05) is 31.1 Å². The third-order valence-electron chi connectivity index (χ3n) is 5.35. The van der Waals surface area contributed by atoms with Crippen molar-refractivity contribution in [2.45, 2.75) is 6.42 Å². The summed E-state index contributed by atoms with van der Waals surface area (Å²) in [5.74, 6) is 0.208. The number of carbonyl (C=O) groups is 1. The van der Waals surface area contributed by atoms with Gasteiger partial charge in [0.25, 0.3) is 0 Å². The molecule has 5 heteroatoms. The minimum atomic E-state index is 0.208. The van der Waals surface area contributed by atoms with E-state index in [4.69, 9.17) is 4.98 Å². The van der Waals surface area contributed by atoms with Gasteiger partial charge in [-0.25, -0.2) is 4.98 Å². The highest BCUT2D eigenvalue weighted by molar-refractivity contribution is 7.22. The summed E-state index contributed by atoms with van der Waals surface area (Å²) in [6, 6.07) is 22.8. The summed E-state index contributed by atoms with van der Waals surface area (Å²) >= 11 is 1.73. The molecule has 1 aliphatic rings. The monoisotopic (exact) mass is 387 g/mol. The average Bonchev–Trinajstić information content (AvgIpc) is 3.18. The van der Waals surface area contributed by atoms with Crippen LogP contribution in [0.25, 0.3) is 21.0 Å². The predicted molar refractivity (Wildman–Crippen MR) is 116 cm³/mol. The van der Waals surface area contributed by atoms with Gasteiger partial charge in [0.05, 0.1) is 16.6 Å². The molecule has 0 atom stereocenters. The number of piperazine rings is 1. The van der Waals surface area contributed by atoms with Gasteiger partial charge in [0.2, 0.25) is 5.91 Å². The number of hydrogen-bond acceptors (Lipinski definition) is 4. The molecule has 140 valence electrons. The van der Waals surface area contributed by atoms with Gasteiger partial charge in [-0.1, -0.05) is 65.9 Å². The molecule has 1 fully saturated rings. The third-order valence-corrected chi connectivity index (χ3v) is 6.45. The third kappa shape index (κ3) is 3.34. The Bertz CT molecular complexity index is 1110. The first kappa shape index (κ1) is 17.2. The molecule has 0 spiro atoms. The Kier molecular flexibility index (Phi) is 4.45. The lowest BCUT2D eigenvalue weighted by Crippen LogP contribution is -2.49. The van der Waals surface area contributed by atoms with Gasteiger partial charge in [-0.15, -0.1) is 0 Å². The molecule has 2 heterocycles. The van der Waals surface area contributed by atoms with Crippen LogP contribution in [0, 0.1) is 0 Å². The maximum absolute atomic E-state index is 12.8. The molecule has 0 radical (unpaired) electrons. The number of aromatic nitrogens is 1. The van der Waals surface area contributed by atoms with E-state index in [9.17, 15) is 4.79 Å². The van der Waals surface area contributed by atoms with Crippen molar-refractivity contribution in [3.05, 3.63) is 72.3 Å². The van der Waals surface area contributed by atoms with Crippen molar-refractivity contribution >= 4 is 43.4 Å². The molecule has 1 aromatic heterocycles. The molecule has 0 bridgehead atoms. The van der Waals surface area contributed by atoms with Crippen LogP contribution in [-0.4, -0.2) is 42.0 Å². The zero-order valence-electron chi connectivity index (χ0n) is 15.5. The molecule has 28 heavy (non-hydrogen) atoms. The zero-order valence-corrected chi connectivity index (χ0v) is 16.4. The second kappa shape index (κ2) is 7.24. The normalized spacial score (nSPS) is 14.7. The van der Waals surface area contributed by atoms with Crippen LogP contribution in [0.3, 0.4) is 0 Å². The van der Waals surface area contributed by atoms with Crippen LogP contribution in [0.2, 0.25) is 0 Å². The molecule has 0 N–H and O–H groups in total. The molecule has 5 rings (SSSR count). The van der Waals surface area contributed by atoms with E-state index in [2.05, 4.69) is 47.4 Å². The number of para-hydroxylation sites is 1. The van der Waals surface area contributed by atoms with Crippen LogP contribution in [-0.2, 0) is 11.2 Å². The zero-order chi connectivity index (χ0) is 18.9. The molecule has 0 unspecified atom stereocenters. The molecular weight excluding hydrogens is 366 g/mol. The summed E-state index contributed by atoms with van der Waals surface area (Å²) in [5.41, 5.74) is 2.13. The predicted octanol–water partition coefficient (Wildman–Crippen LogP) is 4.34. The number of anilines is 1. The minimum Gasteiger partial charge on any atom is -0.345 e. The Morgan fingerprint density at radius 3 is 2.46 bits per heavy atom. The van der Waals surface area contributed by atoms with Gasteiger partial charge in [-0.05, 0) is 28.5 Å². The highest BCUT2D eigenvalue weighted by Gasteiger charge is 2.23.